The summed E-state index contributed by atoms with van der Waals surface area (Å²) < 4.78 is 10.1. The number of piperidine rings is 1. The van der Waals surface area contributed by atoms with Gasteiger partial charge in [0, 0.05) is 19.1 Å². The van der Waals surface area contributed by atoms with E-state index in [1.54, 1.807) is 0 Å². The van der Waals surface area contributed by atoms with Crippen molar-refractivity contribution >= 4 is 5.95 Å². The summed E-state index contributed by atoms with van der Waals surface area (Å²) in [4.78, 5) is 14.5. The van der Waals surface area contributed by atoms with Crippen molar-refractivity contribution in [2.45, 2.75) is 19.4 Å². The summed E-state index contributed by atoms with van der Waals surface area (Å²) in [6.07, 6.45) is 1.02. The second kappa shape index (κ2) is 5.34. The van der Waals surface area contributed by atoms with Crippen LogP contribution in [0.25, 0.3) is 0 Å². The van der Waals surface area contributed by atoms with Gasteiger partial charge in [0.25, 0.3) is 0 Å². The van der Waals surface area contributed by atoms with Crippen LogP contribution in [0.5, 0.6) is 12.0 Å². The Hall–Kier alpha value is -1.63. The highest BCUT2D eigenvalue weighted by Gasteiger charge is 2.25. The Kier molecular flexibility index (Phi) is 3.81. The molecule has 1 aliphatic rings. The molecule has 2 atom stereocenters. The number of nitrogens with two attached hydrogens (primary N) is 1. The molecule has 1 aliphatic heterocycles. The van der Waals surface area contributed by atoms with Gasteiger partial charge in [-0.15, -0.1) is 4.98 Å². The zero-order valence-corrected chi connectivity index (χ0v) is 11.0. The third kappa shape index (κ3) is 2.79. The number of hydrogen-bond acceptors (Lipinski definition) is 7. The van der Waals surface area contributed by atoms with Crippen LogP contribution in [-0.4, -0.2) is 48.3 Å². The van der Waals surface area contributed by atoms with E-state index in [2.05, 4.69) is 21.9 Å². The Bertz CT molecular complexity index is 382. The maximum absolute atomic E-state index is 6.02. The van der Waals surface area contributed by atoms with Crippen LogP contribution in [0.4, 0.5) is 5.95 Å². The van der Waals surface area contributed by atoms with Crippen molar-refractivity contribution in [3.05, 3.63) is 0 Å². The van der Waals surface area contributed by atoms with Crippen LogP contribution >= 0.6 is 0 Å². The summed E-state index contributed by atoms with van der Waals surface area (Å²) in [6.45, 7) is 3.78. The van der Waals surface area contributed by atoms with Crippen molar-refractivity contribution < 1.29 is 9.47 Å². The molecular formula is C11H19N5O2. The van der Waals surface area contributed by atoms with E-state index in [0.717, 1.165) is 19.5 Å². The predicted molar refractivity (Wildman–Crippen MR) is 66.9 cm³/mol. The molecule has 2 unspecified atom stereocenters. The van der Waals surface area contributed by atoms with E-state index in [4.69, 9.17) is 15.2 Å². The molecule has 2 N–H and O–H groups in total. The summed E-state index contributed by atoms with van der Waals surface area (Å²) in [5.74, 6) is 1.07. The topological polar surface area (TPSA) is 86.4 Å². The minimum Gasteiger partial charge on any atom is -0.467 e. The first kappa shape index (κ1) is 12.8. The van der Waals surface area contributed by atoms with Crippen LogP contribution in [0, 0.1) is 5.92 Å². The fraction of sp³-hybridized carbons (Fsp3) is 0.727. The van der Waals surface area contributed by atoms with Gasteiger partial charge < -0.3 is 20.1 Å². The first-order chi connectivity index (χ1) is 8.62. The lowest BCUT2D eigenvalue weighted by Gasteiger charge is -2.34. The van der Waals surface area contributed by atoms with Crippen molar-refractivity contribution in [1.82, 2.24) is 15.0 Å². The molecule has 0 spiro atoms. The molecule has 7 heteroatoms. The number of ether oxygens (including phenoxy) is 2. The summed E-state index contributed by atoms with van der Waals surface area (Å²) >= 11 is 0. The summed E-state index contributed by atoms with van der Waals surface area (Å²) in [5, 5.41) is 0. The van der Waals surface area contributed by atoms with Gasteiger partial charge in [0.2, 0.25) is 5.95 Å². The predicted octanol–water partition coefficient (Wildman–Crippen LogP) is 0.0623. The van der Waals surface area contributed by atoms with E-state index in [1.807, 2.05) is 4.90 Å². The highest BCUT2D eigenvalue weighted by molar-refractivity contribution is 5.33. The standard InChI is InChI=1S/C11H19N5O2/c1-7-4-8(12)6-16(5-7)9-13-10(17-2)15-11(14-9)18-3/h7-8H,4-6,12H2,1-3H3. The van der Waals surface area contributed by atoms with Gasteiger partial charge in [0.1, 0.15) is 0 Å². The normalized spacial score (nSPS) is 23.9. The number of rotatable bonds is 3. The van der Waals surface area contributed by atoms with E-state index in [-0.39, 0.29) is 18.1 Å². The maximum Gasteiger partial charge on any atom is 0.324 e. The van der Waals surface area contributed by atoms with E-state index in [9.17, 15) is 0 Å². The molecule has 2 heterocycles. The summed E-state index contributed by atoms with van der Waals surface area (Å²) in [6, 6.07) is 0.648. The Labute approximate surface area is 106 Å². The molecule has 1 saturated heterocycles. The number of aromatic nitrogens is 3. The first-order valence-electron chi connectivity index (χ1n) is 5.97. The lowest BCUT2D eigenvalue weighted by Crippen LogP contribution is -2.47. The fourth-order valence-electron chi connectivity index (χ4n) is 2.21. The third-order valence-electron chi connectivity index (χ3n) is 2.92. The van der Waals surface area contributed by atoms with Crippen LogP contribution < -0.4 is 20.1 Å². The molecule has 0 aliphatic carbocycles. The van der Waals surface area contributed by atoms with E-state index in [1.165, 1.54) is 14.2 Å². The number of hydrogen-bond donors (Lipinski definition) is 1. The molecule has 2 rings (SSSR count). The lowest BCUT2D eigenvalue weighted by atomic mass is 9.97. The maximum atomic E-state index is 6.02. The van der Waals surface area contributed by atoms with Crippen molar-refractivity contribution in [3.63, 3.8) is 0 Å². The minimum atomic E-state index is 0.141. The van der Waals surface area contributed by atoms with Gasteiger partial charge in [-0.3, -0.25) is 0 Å². The Morgan fingerprint density at radius 2 is 1.72 bits per heavy atom. The molecule has 0 aromatic carbocycles. The molecule has 1 aromatic rings. The Morgan fingerprint density at radius 3 is 2.22 bits per heavy atom. The van der Waals surface area contributed by atoms with Gasteiger partial charge in [-0.2, -0.15) is 9.97 Å². The Balaban J connectivity index is 2.25. The largest absolute Gasteiger partial charge is 0.467 e. The van der Waals surface area contributed by atoms with E-state index >= 15 is 0 Å². The van der Waals surface area contributed by atoms with Gasteiger partial charge in [-0.05, 0) is 12.3 Å². The van der Waals surface area contributed by atoms with Crippen molar-refractivity contribution in [2.75, 3.05) is 32.2 Å². The van der Waals surface area contributed by atoms with Crippen LogP contribution in [0.3, 0.4) is 0 Å². The lowest BCUT2D eigenvalue weighted by molar-refractivity contribution is 0.336. The fourth-order valence-corrected chi connectivity index (χ4v) is 2.21. The van der Waals surface area contributed by atoms with Crippen LogP contribution in [-0.2, 0) is 0 Å². The average Bonchev–Trinajstić information content (AvgIpc) is 2.37. The zero-order valence-electron chi connectivity index (χ0n) is 11.0. The first-order valence-corrected chi connectivity index (χ1v) is 5.97. The van der Waals surface area contributed by atoms with Crippen molar-refractivity contribution in [3.8, 4) is 12.0 Å². The SMILES string of the molecule is COc1nc(OC)nc(N2CC(C)CC(N)C2)n1. The monoisotopic (exact) mass is 253 g/mol. The molecule has 100 valence electrons. The highest BCUT2D eigenvalue weighted by atomic mass is 16.5. The second-order valence-electron chi connectivity index (χ2n) is 4.61. The molecule has 1 aromatic heterocycles. The van der Waals surface area contributed by atoms with Gasteiger partial charge in [0.05, 0.1) is 14.2 Å². The quantitative estimate of drug-likeness (QED) is 0.815. The average molecular weight is 253 g/mol. The molecule has 1 fully saturated rings. The molecular weight excluding hydrogens is 234 g/mol. The van der Waals surface area contributed by atoms with Gasteiger partial charge in [0.15, 0.2) is 0 Å². The number of nitrogens with zero attached hydrogens (tertiary/aromatic N) is 4. The molecule has 7 nitrogen and oxygen atoms in total. The molecule has 0 bridgehead atoms. The van der Waals surface area contributed by atoms with Crippen molar-refractivity contribution in [2.24, 2.45) is 11.7 Å². The van der Waals surface area contributed by atoms with Crippen molar-refractivity contribution in [1.29, 1.82) is 0 Å². The number of anilines is 1. The van der Waals surface area contributed by atoms with Gasteiger partial charge >= 0.3 is 12.0 Å². The smallest absolute Gasteiger partial charge is 0.324 e. The molecule has 0 saturated carbocycles. The minimum absolute atomic E-state index is 0.141. The highest BCUT2D eigenvalue weighted by Crippen LogP contribution is 2.22. The van der Waals surface area contributed by atoms with E-state index in [0.29, 0.717) is 11.9 Å². The van der Waals surface area contributed by atoms with Crippen LogP contribution in [0.15, 0.2) is 0 Å². The molecule has 18 heavy (non-hydrogen) atoms. The van der Waals surface area contributed by atoms with Gasteiger partial charge in [-0.1, -0.05) is 6.92 Å². The zero-order chi connectivity index (χ0) is 13.1. The van der Waals surface area contributed by atoms with Crippen LogP contribution in [0.1, 0.15) is 13.3 Å². The van der Waals surface area contributed by atoms with E-state index < -0.39 is 0 Å². The molecule has 0 radical (unpaired) electrons. The summed E-state index contributed by atoms with van der Waals surface area (Å²) in [5.41, 5.74) is 6.02. The second-order valence-corrected chi connectivity index (χ2v) is 4.61. The molecule has 0 amide bonds. The number of methoxy groups -OCH3 is 2. The van der Waals surface area contributed by atoms with Gasteiger partial charge in [-0.25, -0.2) is 0 Å². The summed E-state index contributed by atoms with van der Waals surface area (Å²) in [7, 11) is 3.03. The van der Waals surface area contributed by atoms with Crippen LogP contribution in [0.2, 0.25) is 0 Å². The Morgan fingerprint density at radius 1 is 1.11 bits per heavy atom. The third-order valence-corrected chi connectivity index (χ3v) is 2.92.